The van der Waals surface area contributed by atoms with Crippen molar-refractivity contribution in [3.63, 3.8) is 0 Å². The molecule has 2 N–H and O–H groups in total. The topological polar surface area (TPSA) is 93.0 Å². The zero-order valence-electron chi connectivity index (χ0n) is 14.9. The highest BCUT2D eigenvalue weighted by Crippen LogP contribution is 2.29. The van der Waals surface area contributed by atoms with Gasteiger partial charge in [-0.25, -0.2) is 0 Å². The molecule has 1 atom stereocenters. The van der Waals surface area contributed by atoms with Crippen molar-refractivity contribution >= 4 is 16.8 Å². The molecule has 7 nitrogen and oxygen atoms in total. The van der Waals surface area contributed by atoms with Crippen molar-refractivity contribution in [1.82, 2.24) is 20.4 Å². The number of nitrogens with zero attached hydrogens (tertiary/aromatic N) is 2. The molecule has 0 bridgehead atoms. The van der Waals surface area contributed by atoms with Crippen molar-refractivity contribution in [3.8, 4) is 5.75 Å². The molecule has 4 rings (SSSR count). The molecular formula is C20H18N4O3. The predicted molar refractivity (Wildman–Crippen MR) is 99.6 cm³/mol. The average Bonchev–Trinajstić information content (AvgIpc) is 3.34. The van der Waals surface area contributed by atoms with Crippen molar-refractivity contribution in [2.24, 2.45) is 0 Å². The zero-order chi connectivity index (χ0) is 18.8. The van der Waals surface area contributed by atoms with Crippen LogP contribution < -0.4 is 10.1 Å². The first-order chi connectivity index (χ1) is 13.2. The largest absolute Gasteiger partial charge is 0.496 e. The molecule has 2 aromatic carbocycles. The maximum Gasteiger partial charge on any atom is 0.254 e. The molecular weight excluding hydrogens is 344 g/mol. The molecule has 4 aromatic rings. The predicted octanol–water partition coefficient (Wildman–Crippen LogP) is 3.39. The number of fused-ring (bicyclic) bond motifs is 1. The number of amides is 1. The number of ether oxygens (including phenoxy) is 1. The molecule has 0 aliphatic carbocycles. The molecule has 0 radical (unpaired) electrons. The third-order valence-corrected chi connectivity index (χ3v) is 4.36. The summed E-state index contributed by atoms with van der Waals surface area (Å²) in [4.78, 5) is 20.5. The van der Waals surface area contributed by atoms with E-state index in [0.29, 0.717) is 23.0 Å². The van der Waals surface area contributed by atoms with E-state index in [1.165, 1.54) is 0 Å². The Balaban J connectivity index is 1.75. The van der Waals surface area contributed by atoms with Gasteiger partial charge in [0.2, 0.25) is 5.89 Å². The Morgan fingerprint density at radius 1 is 1.19 bits per heavy atom. The lowest BCUT2D eigenvalue weighted by molar-refractivity contribution is 0.0942. The minimum atomic E-state index is -0.615. The van der Waals surface area contributed by atoms with Gasteiger partial charge in [0.05, 0.1) is 18.2 Å². The van der Waals surface area contributed by atoms with Gasteiger partial charge in [-0.15, -0.1) is 0 Å². The number of methoxy groups -OCH3 is 1. The number of rotatable bonds is 5. The summed E-state index contributed by atoms with van der Waals surface area (Å²) in [5, 5.41) is 7.98. The van der Waals surface area contributed by atoms with E-state index in [9.17, 15) is 4.79 Å². The number of hydrogen-bond donors (Lipinski definition) is 2. The van der Waals surface area contributed by atoms with Gasteiger partial charge >= 0.3 is 0 Å². The van der Waals surface area contributed by atoms with Gasteiger partial charge in [-0.2, -0.15) is 4.98 Å². The average molecular weight is 362 g/mol. The Morgan fingerprint density at radius 3 is 2.81 bits per heavy atom. The van der Waals surface area contributed by atoms with Crippen LogP contribution in [0.4, 0.5) is 0 Å². The fraction of sp³-hybridized carbons (Fsp3) is 0.150. The van der Waals surface area contributed by atoms with Crippen LogP contribution >= 0.6 is 0 Å². The van der Waals surface area contributed by atoms with Crippen LogP contribution in [0.5, 0.6) is 5.75 Å². The molecule has 0 fully saturated rings. The summed E-state index contributed by atoms with van der Waals surface area (Å²) in [5.74, 6) is 1.17. The van der Waals surface area contributed by atoms with Crippen molar-refractivity contribution in [3.05, 3.63) is 77.6 Å². The Bertz CT molecular complexity index is 1100. The Hall–Kier alpha value is -3.61. The molecule has 27 heavy (non-hydrogen) atoms. The number of aromatic nitrogens is 3. The van der Waals surface area contributed by atoms with Gasteiger partial charge in [0, 0.05) is 24.1 Å². The smallest absolute Gasteiger partial charge is 0.254 e. The summed E-state index contributed by atoms with van der Waals surface area (Å²) in [6.45, 7) is 1.71. The standard InChI is InChI=1S/C20H18N4O3/c1-12-22-19(24-27-12)18(14-7-3-4-9-16(14)26-2)23-20(25)15-8-5-6-13-10-11-21-17(13)15/h3-11,18,21H,1-2H3,(H,23,25)/t18-/m0/s1. The SMILES string of the molecule is COc1ccccc1[C@H](NC(=O)c1cccc2cc[nH]c12)c1noc(C)n1. The van der Waals surface area contributed by atoms with Gasteiger partial charge in [-0.1, -0.05) is 35.5 Å². The van der Waals surface area contributed by atoms with Crippen molar-refractivity contribution in [2.75, 3.05) is 7.11 Å². The summed E-state index contributed by atoms with van der Waals surface area (Å²) < 4.78 is 10.6. The third kappa shape index (κ3) is 3.15. The highest BCUT2D eigenvalue weighted by molar-refractivity contribution is 6.05. The monoisotopic (exact) mass is 362 g/mol. The van der Waals surface area contributed by atoms with E-state index < -0.39 is 6.04 Å². The second-order valence-electron chi connectivity index (χ2n) is 6.07. The highest BCUT2D eigenvalue weighted by atomic mass is 16.5. The zero-order valence-corrected chi connectivity index (χ0v) is 14.9. The lowest BCUT2D eigenvalue weighted by Crippen LogP contribution is -2.30. The molecule has 1 amide bonds. The maximum atomic E-state index is 13.1. The van der Waals surface area contributed by atoms with E-state index in [-0.39, 0.29) is 5.91 Å². The van der Waals surface area contributed by atoms with Crippen LogP contribution in [-0.4, -0.2) is 28.1 Å². The molecule has 0 saturated carbocycles. The first-order valence-electron chi connectivity index (χ1n) is 8.47. The van der Waals surface area contributed by atoms with E-state index in [2.05, 4.69) is 20.4 Å². The minimum absolute atomic E-state index is 0.249. The second-order valence-corrected chi connectivity index (χ2v) is 6.07. The Morgan fingerprint density at radius 2 is 2.04 bits per heavy atom. The van der Waals surface area contributed by atoms with Gasteiger partial charge in [-0.3, -0.25) is 4.79 Å². The summed E-state index contributed by atoms with van der Waals surface area (Å²) in [5.41, 5.74) is 2.06. The van der Waals surface area contributed by atoms with E-state index in [4.69, 9.17) is 9.26 Å². The summed E-state index contributed by atoms with van der Waals surface area (Å²) >= 11 is 0. The van der Waals surface area contributed by atoms with Gasteiger partial charge in [0.25, 0.3) is 5.91 Å². The number of carbonyl (C=O) groups is 1. The van der Waals surface area contributed by atoms with Crippen molar-refractivity contribution < 1.29 is 14.1 Å². The van der Waals surface area contributed by atoms with Crippen molar-refractivity contribution in [2.45, 2.75) is 13.0 Å². The van der Waals surface area contributed by atoms with Gasteiger partial charge in [-0.05, 0) is 18.2 Å². The van der Waals surface area contributed by atoms with E-state index in [0.717, 1.165) is 16.5 Å². The fourth-order valence-electron chi connectivity index (χ4n) is 3.10. The number of nitrogens with one attached hydrogen (secondary N) is 2. The van der Waals surface area contributed by atoms with Gasteiger partial charge in [0.15, 0.2) is 5.82 Å². The summed E-state index contributed by atoms with van der Waals surface area (Å²) in [7, 11) is 1.58. The fourth-order valence-corrected chi connectivity index (χ4v) is 3.10. The molecule has 0 unspecified atom stereocenters. The minimum Gasteiger partial charge on any atom is -0.496 e. The normalized spacial score (nSPS) is 12.1. The number of H-pyrrole nitrogens is 1. The van der Waals surface area contributed by atoms with Crippen LogP contribution in [0.1, 0.15) is 33.7 Å². The van der Waals surface area contributed by atoms with Crippen LogP contribution in [0.3, 0.4) is 0 Å². The van der Waals surface area contributed by atoms with Crippen LogP contribution in [0.2, 0.25) is 0 Å². The molecule has 0 saturated heterocycles. The number of para-hydroxylation sites is 2. The number of aromatic amines is 1. The van der Waals surface area contributed by atoms with Crippen LogP contribution in [0.15, 0.2) is 59.3 Å². The number of hydrogen-bond acceptors (Lipinski definition) is 5. The quantitative estimate of drug-likeness (QED) is 0.568. The first kappa shape index (κ1) is 16.8. The summed E-state index contributed by atoms with van der Waals surface area (Å²) in [6, 6.07) is 14.3. The van der Waals surface area contributed by atoms with E-state index in [1.807, 2.05) is 48.7 Å². The van der Waals surface area contributed by atoms with Crippen LogP contribution in [0.25, 0.3) is 10.9 Å². The maximum absolute atomic E-state index is 13.1. The molecule has 7 heteroatoms. The molecule has 0 spiro atoms. The Labute approximate surface area is 155 Å². The molecule has 2 heterocycles. The lowest BCUT2D eigenvalue weighted by atomic mass is 10.0. The summed E-state index contributed by atoms with van der Waals surface area (Å²) in [6.07, 6.45) is 1.81. The number of aryl methyl sites for hydroxylation is 1. The van der Waals surface area contributed by atoms with E-state index >= 15 is 0 Å². The lowest BCUT2D eigenvalue weighted by Gasteiger charge is -2.18. The Kier molecular flexibility index (Phi) is 4.33. The van der Waals surface area contributed by atoms with Gasteiger partial charge < -0.3 is 19.6 Å². The van der Waals surface area contributed by atoms with Crippen molar-refractivity contribution in [1.29, 1.82) is 0 Å². The van der Waals surface area contributed by atoms with Gasteiger partial charge in [0.1, 0.15) is 11.8 Å². The first-order valence-corrected chi connectivity index (χ1v) is 8.47. The second kappa shape index (κ2) is 6.95. The molecule has 136 valence electrons. The third-order valence-electron chi connectivity index (χ3n) is 4.36. The van der Waals surface area contributed by atoms with Crippen LogP contribution in [-0.2, 0) is 0 Å². The molecule has 2 aromatic heterocycles. The number of carbonyl (C=O) groups excluding carboxylic acids is 1. The van der Waals surface area contributed by atoms with E-state index in [1.54, 1.807) is 20.1 Å². The molecule has 0 aliphatic heterocycles. The number of benzene rings is 2. The highest BCUT2D eigenvalue weighted by Gasteiger charge is 2.26. The van der Waals surface area contributed by atoms with Crippen LogP contribution in [0, 0.1) is 6.92 Å². The molecule has 0 aliphatic rings.